The van der Waals surface area contributed by atoms with Crippen LogP contribution in [-0.4, -0.2) is 14.7 Å². The summed E-state index contributed by atoms with van der Waals surface area (Å²) in [5.74, 6) is 0.659. The lowest BCUT2D eigenvalue weighted by molar-refractivity contribution is 0.597. The Morgan fingerprint density at radius 2 is 2.00 bits per heavy atom. The Kier molecular flexibility index (Phi) is 3.35. The molecule has 0 saturated carbocycles. The number of sulfonamides is 1. The van der Waals surface area contributed by atoms with Gasteiger partial charge in [-0.2, -0.15) is 11.8 Å². The van der Waals surface area contributed by atoms with Crippen LogP contribution in [0.3, 0.4) is 0 Å². The molecule has 72 valence electrons. The monoisotopic (exact) mass is 217 g/mol. The first kappa shape index (κ1) is 10.6. The summed E-state index contributed by atoms with van der Waals surface area (Å²) in [4.78, 5) is 0.226. The van der Waals surface area contributed by atoms with Gasteiger partial charge in [-0.15, -0.1) is 0 Å². The predicted octanol–water partition coefficient (Wildman–Crippen LogP) is 1.20. The second kappa shape index (κ2) is 4.13. The van der Waals surface area contributed by atoms with Gasteiger partial charge in [-0.25, -0.2) is 13.6 Å². The number of benzene rings is 1. The SMILES string of the molecule is CSCc1ccccc1S(N)(=O)=O. The molecule has 13 heavy (non-hydrogen) atoms. The van der Waals surface area contributed by atoms with E-state index >= 15 is 0 Å². The van der Waals surface area contributed by atoms with Gasteiger partial charge in [-0.05, 0) is 17.9 Å². The lowest BCUT2D eigenvalue weighted by atomic mass is 10.2. The molecule has 5 heteroatoms. The Morgan fingerprint density at radius 3 is 2.54 bits per heavy atom. The van der Waals surface area contributed by atoms with Crippen LogP contribution in [0.15, 0.2) is 29.2 Å². The molecular weight excluding hydrogens is 206 g/mol. The molecule has 1 rings (SSSR count). The second-order valence-corrected chi connectivity index (χ2v) is 4.98. The Morgan fingerprint density at radius 1 is 1.38 bits per heavy atom. The molecule has 0 heterocycles. The zero-order valence-electron chi connectivity index (χ0n) is 7.23. The van der Waals surface area contributed by atoms with Gasteiger partial charge in [0.25, 0.3) is 0 Å². The summed E-state index contributed by atoms with van der Waals surface area (Å²) >= 11 is 1.56. The molecule has 0 unspecified atom stereocenters. The van der Waals surface area contributed by atoms with Crippen LogP contribution in [0.4, 0.5) is 0 Å². The Labute approximate surface area is 82.4 Å². The molecule has 1 aromatic rings. The van der Waals surface area contributed by atoms with Gasteiger partial charge in [0.1, 0.15) is 0 Å². The highest BCUT2D eigenvalue weighted by atomic mass is 32.2. The van der Waals surface area contributed by atoms with E-state index in [2.05, 4.69) is 0 Å². The molecule has 3 nitrogen and oxygen atoms in total. The van der Waals surface area contributed by atoms with E-state index < -0.39 is 10.0 Å². The average Bonchev–Trinajstić information content (AvgIpc) is 2.04. The summed E-state index contributed by atoms with van der Waals surface area (Å²) in [6.07, 6.45) is 1.92. The highest BCUT2D eigenvalue weighted by Crippen LogP contribution is 2.17. The first-order valence-electron chi connectivity index (χ1n) is 3.65. The van der Waals surface area contributed by atoms with Crippen LogP contribution in [0.1, 0.15) is 5.56 Å². The topological polar surface area (TPSA) is 60.2 Å². The van der Waals surface area contributed by atoms with Crippen LogP contribution in [0.5, 0.6) is 0 Å². The van der Waals surface area contributed by atoms with E-state index in [0.29, 0.717) is 5.75 Å². The van der Waals surface area contributed by atoms with Crippen molar-refractivity contribution in [3.05, 3.63) is 29.8 Å². The fourth-order valence-corrected chi connectivity index (χ4v) is 2.48. The lowest BCUT2D eigenvalue weighted by Crippen LogP contribution is -2.14. The van der Waals surface area contributed by atoms with E-state index in [1.54, 1.807) is 30.0 Å². The van der Waals surface area contributed by atoms with Crippen LogP contribution in [0.25, 0.3) is 0 Å². The third-order valence-electron chi connectivity index (χ3n) is 1.58. The molecule has 0 bridgehead atoms. The van der Waals surface area contributed by atoms with Crippen molar-refractivity contribution in [3.63, 3.8) is 0 Å². The van der Waals surface area contributed by atoms with Gasteiger partial charge in [-0.3, -0.25) is 0 Å². The van der Waals surface area contributed by atoms with E-state index in [4.69, 9.17) is 5.14 Å². The zero-order chi connectivity index (χ0) is 9.90. The summed E-state index contributed by atoms with van der Waals surface area (Å²) < 4.78 is 22.2. The quantitative estimate of drug-likeness (QED) is 0.827. The number of primary sulfonamides is 1. The van der Waals surface area contributed by atoms with Gasteiger partial charge in [-0.1, -0.05) is 18.2 Å². The van der Waals surface area contributed by atoms with Crippen molar-refractivity contribution in [2.24, 2.45) is 5.14 Å². The van der Waals surface area contributed by atoms with Crippen molar-refractivity contribution >= 4 is 21.8 Å². The summed E-state index contributed by atoms with van der Waals surface area (Å²) in [6.45, 7) is 0. The minimum atomic E-state index is -3.57. The minimum Gasteiger partial charge on any atom is -0.225 e. The Hall–Kier alpha value is -0.520. The number of thioether (sulfide) groups is 1. The van der Waals surface area contributed by atoms with Crippen molar-refractivity contribution in [3.8, 4) is 0 Å². The molecule has 0 saturated heterocycles. The molecule has 0 aromatic heterocycles. The third kappa shape index (κ3) is 2.72. The molecule has 2 N–H and O–H groups in total. The summed E-state index contributed by atoms with van der Waals surface area (Å²) in [7, 11) is -3.57. The smallest absolute Gasteiger partial charge is 0.225 e. The Bertz CT molecular complexity index is 387. The Balaban J connectivity index is 3.20. The number of rotatable bonds is 3. The standard InChI is InChI=1S/C8H11NO2S2/c1-12-6-7-4-2-3-5-8(7)13(9,10)11/h2-5H,6H2,1H3,(H2,9,10,11). The first-order valence-corrected chi connectivity index (χ1v) is 6.59. The van der Waals surface area contributed by atoms with Crippen LogP contribution < -0.4 is 5.14 Å². The fourth-order valence-electron chi connectivity index (χ4n) is 1.06. The molecule has 0 spiro atoms. The fraction of sp³-hybridized carbons (Fsp3) is 0.250. The molecule has 1 aromatic carbocycles. The molecule has 0 radical (unpaired) electrons. The lowest BCUT2D eigenvalue weighted by Gasteiger charge is -2.04. The summed E-state index contributed by atoms with van der Waals surface area (Å²) in [5, 5.41) is 5.05. The van der Waals surface area contributed by atoms with Crippen molar-refractivity contribution in [1.29, 1.82) is 0 Å². The molecule has 0 aliphatic rings. The normalized spacial score (nSPS) is 11.5. The van der Waals surface area contributed by atoms with E-state index in [0.717, 1.165) is 5.56 Å². The average molecular weight is 217 g/mol. The maximum Gasteiger partial charge on any atom is 0.238 e. The highest BCUT2D eigenvalue weighted by molar-refractivity contribution is 7.97. The maximum absolute atomic E-state index is 11.1. The van der Waals surface area contributed by atoms with Gasteiger partial charge in [0.05, 0.1) is 4.90 Å². The number of hydrogen-bond acceptors (Lipinski definition) is 3. The minimum absolute atomic E-state index is 0.226. The van der Waals surface area contributed by atoms with Crippen LogP contribution >= 0.6 is 11.8 Å². The van der Waals surface area contributed by atoms with Gasteiger partial charge in [0.15, 0.2) is 0 Å². The van der Waals surface area contributed by atoms with Crippen molar-refractivity contribution in [2.45, 2.75) is 10.6 Å². The summed E-state index contributed by atoms with van der Waals surface area (Å²) in [6, 6.07) is 6.78. The van der Waals surface area contributed by atoms with Crippen molar-refractivity contribution < 1.29 is 8.42 Å². The molecule has 0 aliphatic carbocycles. The van der Waals surface area contributed by atoms with Gasteiger partial charge >= 0.3 is 0 Å². The first-order chi connectivity index (χ1) is 6.05. The van der Waals surface area contributed by atoms with Crippen LogP contribution in [0, 0.1) is 0 Å². The van der Waals surface area contributed by atoms with E-state index in [1.165, 1.54) is 6.07 Å². The number of nitrogens with two attached hydrogens (primary N) is 1. The molecule has 0 aliphatic heterocycles. The molecule has 0 amide bonds. The van der Waals surface area contributed by atoms with Gasteiger partial charge < -0.3 is 0 Å². The second-order valence-electron chi connectivity index (χ2n) is 2.59. The molecular formula is C8H11NO2S2. The van der Waals surface area contributed by atoms with E-state index in [9.17, 15) is 8.42 Å². The zero-order valence-corrected chi connectivity index (χ0v) is 8.86. The van der Waals surface area contributed by atoms with E-state index in [1.807, 2.05) is 6.26 Å². The highest BCUT2D eigenvalue weighted by Gasteiger charge is 2.11. The largest absolute Gasteiger partial charge is 0.238 e. The van der Waals surface area contributed by atoms with Gasteiger partial charge in [0, 0.05) is 5.75 Å². The van der Waals surface area contributed by atoms with Gasteiger partial charge in [0.2, 0.25) is 10.0 Å². The maximum atomic E-state index is 11.1. The third-order valence-corrected chi connectivity index (χ3v) is 3.19. The van der Waals surface area contributed by atoms with Crippen molar-refractivity contribution in [1.82, 2.24) is 0 Å². The van der Waals surface area contributed by atoms with Crippen LogP contribution in [-0.2, 0) is 15.8 Å². The molecule has 0 atom stereocenters. The molecule has 0 fully saturated rings. The predicted molar refractivity (Wildman–Crippen MR) is 55.0 cm³/mol. The van der Waals surface area contributed by atoms with Crippen LogP contribution in [0.2, 0.25) is 0 Å². The van der Waals surface area contributed by atoms with Crippen molar-refractivity contribution in [2.75, 3.05) is 6.26 Å². The number of hydrogen-bond donors (Lipinski definition) is 1. The van der Waals surface area contributed by atoms with E-state index in [-0.39, 0.29) is 4.90 Å². The summed E-state index contributed by atoms with van der Waals surface area (Å²) in [5.41, 5.74) is 0.762.